The molecule has 0 saturated carbocycles. The van der Waals surface area contributed by atoms with Gasteiger partial charge < -0.3 is 14.2 Å². The summed E-state index contributed by atoms with van der Waals surface area (Å²) in [6.45, 7) is 2.60. The molecule has 1 heterocycles. The van der Waals surface area contributed by atoms with Gasteiger partial charge in [-0.3, -0.25) is 0 Å². The van der Waals surface area contributed by atoms with Crippen molar-refractivity contribution in [1.29, 1.82) is 0 Å². The van der Waals surface area contributed by atoms with Crippen molar-refractivity contribution in [2.75, 3.05) is 32.3 Å². The molecule has 2 aliphatic rings. The van der Waals surface area contributed by atoms with Gasteiger partial charge in [0.15, 0.2) is 0 Å². The maximum Gasteiger partial charge on any atom is 0.115 e. The highest BCUT2D eigenvalue weighted by Crippen LogP contribution is 2.24. The van der Waals surface area contributed by atoms with E-state index in [0.29, 0.717) is 32.3 Å². The molecule has 1 saturated heterocycles. The lowest BCUT2D eigenvalue weighted by Crippen LogP contribution is -2.30. The van der Waals surface area contributed by atoms with Crippen LogP contribution in [0, 0.1) is 0 Å². The first-order valence-corrected chi connectivity index (χ1v) is 6.22. The summed E-state index contributed by atoms with van der Waals surface area (Å²) < 4.78 is 16.6. The van der Waals surface area contributed by atoms with Crippen molar-refractivity contribution < 1.29 is 14.2 Å². The van der Waals surface area contributed by atoms with E-state index in [4.69, 9.17) is 25.8 Å². The van der Waals surface area contributed by atoms with E-state index in [0.717, 1.165) is 18.6 Å². The number of allylic oxidation sites excluding steroid dienone is 2. The monoisotopic (exact) mass is 244 g/mol. The molecule has 0 radical (unpaired) electrons. The van der Waals surface area contributed by atoms with Gasteiger partial charge in [-0.15, -0.1) is 11.6 Å². The molecule has 1 aliphatic heterocycles. The van der Waals surface area contributed by atoms with Crippen LogP contribution in [0.3, 0.4) is 0 Å². The first kappa shape index (κ1) is 12.0. The maximum absolute atomic E-state index is 5.67. The van der Waals surface area contributed by atoms with Crippen molar-refractivity contribution in [1.82, 2.24) is 0 Å². The average Bonchev–Trinajstić information content (AvgIpc) is 2.38. The third-order valence-electron chi connectivity index (χ3n) is 2.68. The second kappa shape index (κ2) is 6.28. The Hall–Kier alpha value is -0.510. The molecule has 0 N–H and O–H groups in total. The summed E-state index contributed by atoms with van der Waals surface area (Å²) in [7, 11) is 0. The van der Waals surface area contributed by atoms with Crippen LogP contribution in [-0.2, 0) is 14.2 Å². The van der Waals surface area contributed by atoms with Gasteiger partial charge in [-0.2, -0.15) is 0 Å². The third-order valence-corrected chi connectivity index (χ3v) is 2.84. The molecule has 1 fully saturated rings. The molecule has 0 amide bonds. The molecule has 0 aromatic carbocycles. The Labute approximate surface area is 101 Å². The van der Waals surface area contributed by atoms with Gasteiger partial charge in [0, 0.05) is 0 Å². The Morgan fingerprint density at radius 1 is 1.44 bits per heavy atom. The predicted molar refractivity (Wildman–Crippen MR) is 62.6 cm³/mol. The van der Waals surface area contributed by atoms with Crippen LogP contribution in [0.25, 0.3) is 0 Å². The standard InChI is InChI=1S/C12H17ClO3/c13-4-5-15-11-3-1-2-10(8-11)12-9-14-6-7-16-12/h3,8,12H,1-2,4-7,9H2. The van der Waals surface area contributed by atoms with Gasteiger partial charge in [-0.05, 0) is 30.6 Å². The van der Waals surface area contributed by atoms with Gasteiger partial charge in [0.05, 0.1) is 25.7 Å². The van der Waals surface area contributed by atoms with Crippen LogP contribution in [0.5, 0.6) is 0 Å². The van der Waals surface area contributed by atoms with E-state index in [-0.39, 0.29) is 6.10 Å². The summed E-state index contributed by atoms with van der Waals surface area (Å²) >= 11 is 5.59. The van der Waals surface area contributed by atoms with Crippen molar-refractivity contribution in [3.05, 3.63) is 23.5 Å². The minimum absolute atomic E-state index is 0.108. The zero-order chi connectivity index (χ0) is 11.2. The lowest BCUT2D eigenvalue weighted by Gasteiger charge is -2.27. The normalized spacial score (nSPS) is 25.9. The number of hydrogen-bond acceptors (Lipinski definition) is 3. The van der Waals surface area contributed by atoms with Crippen molar-refractivity contribution in [2.45, 2.75) is 18.9 Å². The summed E-state index contributed by atoms with van der Waals surface area (Å²) in [4.78, 5) is 0. The van der Waals surface area contributed by atoms with Gasteiger partial charge in [-0.25, -0.2) is 0 Å². The number of alkyl halides is 1. The predicted octanol–water partition coefficient (Wildman–Crippen LogP) is 2.26. The number of hydrogen-bond donors (Lipinski definition) is 0. The van der Waals surface area contributed by atoms with E-state index in [2.05, 4.69) is 12.2 Å². The van der Waals surface area contributed by atoms with Gasteiger partial charge in [0.2, 0.25) is 0 Å². The summed E-state index contributed by atoms with van der Waals surface area (Å²) in [5.41, 5.74) is 1.27. The molecule has 3 nitrogen and oxygen atoms in total. The molecule has 1 unspecified atom stereocenters. The summed E-state index contributed by atoms with van der Waals surface area (Å²) in [6, 6.07) is 0. The quantitative estimate of drug-likeness (QED) is 0.710. The van der Waals surface area contributed by atoms with Crippen molar-refractivity contribution in [2.24, 2.45) is 0 Å². The highest BCUT2D eigenvalue weighted by atomic mass is 35.5. The van der Waals surface area contributed by atoms with Gasteiger partial charge in [0.1, 0.15) is 18.5 Å². The second-order valence-corrected chi connectivity index (χ2v) is 4.21. The van der Waals surface area contributed by atoms with Crippen molar-refractivity contribution in [3.63, 3.8) is 0 Å². The Morgan fingerprint density at radius 2 is 2.38 bits per heavy atom. The fourth-order valence-electron chi connectivity index (χ4n) is 1.91. The molecule has 4 heteroatoms. The lowest BCUT2D eigenvalue weighted by molar-refractivity contribution is -0.0734. The van der Waals surface area contributed by atoms with Crippen LogP contribution < -0.4 is 0 Å². The molecule has 16 heavy (non-hydrogen) atoms. The molecule has 1 atom stereocenters. The first-order valence-electron chi connectivity index (χ1n) is 5.69. The van der Waals surface area contributed by atoms with Crippen LogP contribution in [-0.4, -0.2) is 38.4 Å². The summed E-state index contributed by atoms with van der Waals surface area (Å²) in [5.74, 6) is 1.43. The van der Waals surface area contributed by atoms with Crippen LogP contribution in [0.15, 0.2) is 23.5 Å². The zero-order valence-electron chi connectivity index (χ0n) is 9.28. The Morgan fingerprint density at radius 3 is 3.12 bits per heavy atom. The van der Waals surface area contributed by atoms with E-state index in [1.807, 2.05) is 0 Å². The molecule has 0 bridgehead atoms. The lowest BCUT2D eigenvalue weighted by atomic mass is 9.99. The first-order chi connectivity index (χ1) is 7.90. The molecule has 90 valence electrons. The second-order valence-electron chi connectivity index (χ2n) is 3.84. The Kier molecular flexibility index (Phi) is 4.69. The molecule has 0 spiro atoms. The fourth-order valence-corrected chi connectivity index (χ4v) is 1.98. The third kappa shape index (κ3) is 3.24. The van der Waals surface area contributed by atoms with Crippen LogP contribution >= 0.6 is 11.6 Å². The van der Waals surface area contributed by atoms with Crippen LogP contribution in [0.1, 0.15) is 12.8 Å². The molecule has 2 rings (SSSR count). The average molecular weight is 245 g/mol. The van der Waals surface area contributed by atoms with E-state index in [1.165, 1.54) is 5.57 Å². The largest absolute Gasteiger partial charge is 0.493 e. The number of halogens is 1. The van der Waals surface area contributed by atoms with E-state index >= 15 is 0 Å². The topological polar surface area (TPSA) is 27.7 Å². The van der Waals surface area contributed by atoms with Gasteiger partial charge in [-0.1, -0.05) is 0 Å². The van der Waals surface area contributed by atoms with Gasteiger partial charge in [0.25, 0.3) is 0 Å². The minimum Gasteiger partial charge on any atom is -0.493 e. The molecular weight excluding hydrogens is 228 g/mol. The van der Waals surface area contributed by atoms with E-state index in [1.54, 1.807) is 0 Å². The summed E-state index contributed by atoms with van der Waals surface area (Å²) in [6.07, 6.45) is 6.30. The summed E-state index contributed by atoms with van der Waals surface area (Å²) in [5, 5.41) is 0. The zero-order valence-corrected chi connectivity index (χ0v) is 10.0. The minimum atomic E-state index is 0.108. The smallest absolute Gasteiger partial charge is 0.115 e. The van der Waals surface area contributed by atoms with Crippen molar-refractivity contribution in [3.8, 4) is 0 Å². The number of ether oxygens (including phenoxy) is 3. The molecule has 0 aromatic heterocycles. The van der Waals surface area contributed by atoms with Crippen LogP contribution in [0.2, 0.25) is 0 Å². The van der Waals surface area contributed by atoms with Crippen molar-refractivity contribution >= 4 is 11.6 Å². The molecular formula is C12H17ClO3. The number of rotatable bonds is 4. The maximum atomic E-state index is 5.67. The molecule has 1 aliphatic carbocycles. The Balaban J connectivity index is 1.93. The highest BCUT2D eigenvalue weighted by Gasteiger charge is 2.20. The highest BCUT2D eigenvalue weighted by molar-refractivity contribution is 6.17. The van der Waals surface area contributed by atoms with E-state index < -0.39 is 0 Å². The Bertz CT molecular complexity index is 280. The van der Waals surface area contributed by atoms with Crippen LogP contribution in [0.4, 0.5) is 0 Å². The van der Waals surface area contributed by atoms with E-state index in [9.17, 15) is 0 Å². The molecule has 0 aromatic rings. The van der Waals surface area contributed by atoms with Gasteiger partial charge >= 0.3 is 0 Å². The fraction of sp³-hybridized carbons (Fsp3) is 0.667. The SMILES string of the molecule is ClCCOC1=CCCC(C2COCCO2)=C1.